The molecular formula is C14H20N2OS2. The van der Waals surface area contributed by atoms with Gasteiger partial charge in [-0.05, 0) is 39.2 Å². The first-order valence-electron chi connectivity index (χ1n) is 6.34. The average molecular weight is 296 g/mol. The van der Waals surface area contributed by atoms with Crippen molar-refractivity contribution in [1.82, 2.24) is 10.3 Å². The number of hydrogen-bond acceptors (Lipinski definition) is 5. The van der Waals surface area contributed by atoms with E-state index in [0.29, 0.717) is 6.04 Å². The molecule has 0 saturated heterocycles. The van der Waals surface area contributed by atoms with Crippen LogP contribution < -0.4 is 5.32 Å². The molecule has 0 saturated carbocycles. The van der Waals surface area contributed by atoms with E-state index in [4.69, 9.17) is 4.42 Å². The molecule has 0 aliphatic rings. The first-order chi connectivity index (χ1) is 9.10. The molecule has 1 unspecified atom stereocenters. The molecule has 0 aliphatic heterocycles. The molecule has 2 rings (SSSR count). The van der Waals surface area contributed by atoms with E-state index in [1.54, 1.807) is 23.1 Å². The maximum Gasteiger partial charge on any atom is 0.118 e. The third kappa shape index (κ3) is 3.84. The maximum atomic E-state index is 5.75. The molecule has 2 heterocycles. The molecule has 0 radical (unpaired) electrons. The molecule has 1 atom stereocenters. The number of nitrogens with zero attached hydrogens (tertiary/aromatic N) is 1. The highest BCUT2D eigenvalue weighted by Gasteiger charge is 2.13. The lowest BCUT2D eigenvalue weighted by Gasteiger charge is -2.11. The van der Waals surface area contributed by atoms with Gasteiger partial charge in [0.2, 0.25) is 0 Å². The van der Waals surface area contributed by atoms with Crippen molar-refractivity contribution in [1.29, 1.82) is 0 Å². The zero-order valence-electron chi connectivity index (χ0n) is 11.8. The van der Waals surface area contributed by atoms with Gasteiger partial charge in [-0.1, -0.05) is 0 Å². The predicted molar refractivity (Wildman–Crippen MR) is 82.8 cm³/mol. The third-order valence-electron chi connectivity index (χ3n) is 2.92. The van der Waals surface area contributed by atoms with E-state index >= 15 is 0 Å². The van der Waals surface area contributed by atoms with Gasteiger partial charge in [0.25, 0.3) is 0 Å². The minimum Gasteiger partial charge on any atom is -0.464 e. The SMILES string of the molecule is CSCc1ccc(CNC(C)c2sc(C)nc2C)o1. The van der Waals surface area contributed by atoms with E-state index < -0.39 is 0 Å². The summed E-state index contributed by atoms with van der Waals surface area (Å²) in [6.07, 6.45) is 2.08. The van der Waals surface area contributed by atoms with Gasteiger partial charge in [0.05, 0.1) is 23.0 Å². The van der Waals surface area contributed by atoms with Crippen LogP contribution in [0.5, 0.6) is 0 Å². The van der Waals surface area contributed by atoms with Crippen molar-refractivity contribution in [3.05, 3.63) is 39.2 Å². The molecule has 3 nitrogen and oxygen atoms in total. The normalized spacial score (nSPS) is 12.8. The molecule has 0 amide bonds. The summed E-state index contributed by atoms with van der Waals surface area (Å²) in [5.74, 6) is 2.97. The fourth-order valence-electron chi connectivity index (χ4n) is 2.03. The van der Waals surface area contributed by atoms with E-state index in [1.807, 2.05) is 0 Å². The fraction of sp³-hybridized carbons (Fsp3) is 0.500. The number of nitrogens with one attached hydrogen (secondary N) is 1. The number of aryl methyl sites for hydroxylation is 2. The number of hydrogen-bond donors (Lipinski definition) is 1. The average Bonchev–Trinajstić information content (AvgIpc) is 2.93. The van der Waals surface area contributed by atoms with Crippen LogP contribution in [-0.4, -0.2) is 11.2 Å². The lowest BCUT2D eigenvalue weighted by Crippen LogP contribution is -2.17. The van der Waals surface area contributed by atoms with Crippen LogP contribution in [0.4, 0.5) is 0 Å². The van der Waals surface area contributed by atoms with Gasteiger partial charge < -0.3 is 9.73 Å². The largest absolute Gasteiger partial charge is 0.464 e. The van der Waals surface area contributed by atoms with Crippen molar-refractivity contribution in [2.75, 3.05) is 6.26 Å². The highest BCUT2D eigenvalue weighted by Crippen LogP contribution is 2.24. The smallest absolute Gasteiger partial charge is 0.118 e. The number of aromatic nitrogens is 1. The first-order valence-corrected chi connectivity index (χ1v) is 8.55. The fourth-order valence-corrected chi connectivity index (χ4v) is 3.43. The van der Waals surface area contributed by atoms with Crippen LogP contribution in [0.2, 0.25) is 0 Å². The second-order valence-corrected chi connectivity index (χ2v) is 6.69. The Morgan fingerprint density at radius 1 is 1.37 bits per heavy atom. The highest BCUT2D eigenvalue weighted by molar-refractivity contribution is 7.97. The zero-order chi connectivity index (χ0) is 13.8. The summed E-state index contributed by atoms with van der Waals surface area (Å²) < 4.78 is 5.75. The predicted octanol–water partition coefficient (Wildman–Crippen LogP) is 4.07. The summed E-state index contributed by atoms with van der Waals surface area (Å²) in [5.41, 5.74) is 1.13. The number of furan rings is 1. The van der Waals surface area contributed by atoms with Crippen LogP contribution in [-0.2, 0) is 12.3 Å². The Balaban J connectivity index is 1.92. The highest BCUT2D eigenvalue weighted by atomic mass is 32.2. The van der Waals surface area contributed by atoms with Gasteiger partial charge in [-0.25, -0.2) is 4.98 Å². The van der Waals surface area contributed by atoms with Crippen LogP contribution in [0.25, 0.3) is 0 Å². The molecule has 19 heavy (non-hydrogen) atoms. The molecule has 0 bridgehead atoms. The van der Waals surface area contributed by atoms with E-state index in [9.17, 15) is 0 Å². The molecule has 0 aromatic carbocycles. The Bertz CT molecular complexity index is 533. The van der Waals surface area contributed by atoms with Gasteiger partial charge in [-0.3, -0.25) is 0 Å². The molecular weight excluding hydrogens is 276 g/mol. The lowest BCUT2D eigenvalue weighted by atomic mass is 10.2. The lowest BCUT2D eigenvalue weighted by molar-refractivity contribution is 0.443. The van der Waals surface area contributed by atoms with Gasteiger partial charge in [0.15, 0.2) is 0 Å². The molecule has 104 valence electrons. The zero-order valence-corrected chi connectivity index (χ0v) is 13.5. The number of rotatable bonds is 6. The van der Waals surface area contributed by atoms with Gasteiger partial charge in [0.1, 0.15) is 11.5 Å². The second kappa shape index (κ2) is 6.59. The second-order valence-electron chi connectivity index (χ2n) is 4.59. The van der Waals surface area contributed by atoms with Gasteiger partial charge in [-0.2, -0.15) is 11.8 Å². The topological polar surface area (TPSA) is 38.1 Å². The molecule has 0 aliphatic carbocycles. The standard InChI is InChI=1S/C14H20N2OS2/c1-9(14-10(2)16-11(3)19-14)15-7-12-5-6-13(17-12)8-18-4/h5-6,9,15H,7-8H2,1-4H3. The Labute approximate surface area is 122 Å². The summed E-state index contributed by atoms with van der Waals surface area (Å²) >= 11 is 3.54. The molecule has 0 spiro atoms. The van der Waals surface area contributed by atoms with Crippen LogP contribution in [0.15, 0.2) is 16.5 Å². The summed E-state index contributed by atoms with van der Waals surface area (Å²) in [5, 5.41) is 4.62. The van der Waals surface area contributed by atoms with Gasteiger partial charge in [-0.15, -0.1) is 11.3 Å². The van der Waals surface area contributed by atoms with Crippen LogP contribution >= 0.6 is 23.1 Å². The Kier molecular flexibility index (Phi) is 5.07. The molecule has 1 N–H and O–H groups in total. The third-order valence-corrected chi connectivity index (χ3v) is 4.75. The summed E-state index contributed by atoms with van der Waals surface area (Å²) in [6, 6.07) is 4.41. The Hall–Kier alpha value is -0.780. The van der Waals surface area contributed by atoms with E-state index in [2.05, 4.69) is 49.5 Å². The van der Waals surface area contributed by atoms with Crippen molar-refractivity contribution < 1.29 is 4.42 Å². The molecule has 0 fully saturated rings. The quantitative estimate of drug-likeness (QED) is 0.872. The first kappa shape index (κ1) is 14.6. The minimum absolute atomic E-state index is 0.306. The van der Waals surface area contributed by atoms with Crippen molar-refractivity contribution >= 4 is 23.1 Å². The van der Waals surface area contributed by atoms with Crippen molar-refractivity contribution in [2.24, 2.45) is 0 Å². The minimum atomic E-state index is 0.306. The van der Waals surface area contributed by atoms with Gasteiger partial charge in [0, 0.05) is 10.9 Å². The van der Waals surface area contributed by atoms with Gasteiger partial charge >= 0.3 is 0 Å². The Morgan fingerprint density at radius 2 is 2.11 bits per heavy atom. The van der Waals surface area contributed by atoms with Crippen molar-refractivity contribution in [2.45, 2.75) is 39.1 Å². The monoisotopic (exact) mass is 296 g/mol. The van der Waals surface area contributed by atoms with Crippen molar-refractivity contribution in [3.8, 4) is 0 Å². The van der Waals surface area contributed by atoms with E-state index in [1.165, 1.54) is 4.88 Å². The summed E-state index contributed by atoms with van der Waals surface area (Å²) in [6.45, 7) is 7.05. The molecule has 5 heteroatoms. The van der Waals surface area contributed by atoms with Crippen molar-refractivity contribution in [3.63, 3.8) is 0 Å². The van der Waals surface area contributed by atoms with Crippen LogP contribution in [0.1, 0.15) is 40.1 Å². The van der Waals surface area contributed by atoms with Crippen LogP contribution in [0.3, 0.4) is 0 Å². The maximum absolute atomic E-state index is 5.75. The Morgan fingerprint density at radius 3 is 2.74 bits per heavy atom. The summed E-state index contributed by atoms with van der Waals surface area (Å²) in [7, 11) is 0. The molecule has 2 aromatic rings. The number of thiazole rings is 1. The van der Waals surface area contributed by atoms with E-state index in [0.717, 1.165) is 34.5 Å². The molecule has 2 aromatic heterocycles. The summed E-state index contributed by atoms with van der Waals surface area (Å²) in [4.78, 5) is 5.78. The number of thioether (sulfide) groups is 1. The van der Waals surface area contributed by atoms with Crippen LogP contribution in [0, 0.1) is 13.8 Å². The van der Waals surface area contributed by atoms with E-state index in [-0.39, 0.29) is 0 Å².